The molecule has 0 spiro atoms. The van der Waals surface area contributed by atoms with E-state index >= 15 is 0 Å². The Morgan fingerprint density at radius 2 is 1.93 bits per heavy atom. The van der Waals surface area contributed by atoms with Crippen LogP contribution in [0, 0.1) is 3.57 Å². The standard InChI is InChI=1S/C8H4F3IO2/c9-8(10,11)5-1-4(3-13)2-6(12)7(5)14/h1-3,14H. The van der Waals surface area contributed by atoms with Crippen LogP contribution in [-0.2, 0) is 6.18 Å². The fourth-order valence-electron chi connectivity index (χ4n) is 0.904. The third-order valence-corrected chi connectivity index (χ3v) is 2.35. The van der Waals surface area contributed by atoms with Crippen molar-refractivity contribution in [1.29, 1.82) is 0 Å². The second-order valence-corrected chi connectivity index (χ2v) is 3.68. The van der Waals surface area contributed by atoms with Crippen molar-refractivity contribution in [3.63, 3.8) is 0 Å². The van der Waals surface area contributed by atoms with Crippen molar-refractivity contribution in [3.05, 3.63) is 26.8 Å². The number of carbonyl (C=O) groups is 1. The molecule has 6 heteroatoms. The molecule has 0 amide bonds. The molecule has 0 unspecified atom stereocenters. The maximum atomic E-state index is 12.3. The average Bonchev–Trinajstić information content (AvgIpc) is 2.07. The Bertz CT molecular complexity index is 374. The molecule has 1 N–H and O–H groups in total. The zero-order valence-corrected chi connectivity index (χ0v) is 8.76. The van der Waals surface area contributed by atoms with E-state index in [-0.39, 0.29) is 9.13 Å². The zero-order valence-electron chi connectivity index (χ0n) is 6.60. The molecule has 0 aliphatic carbocycles. The van der Waals surface area contributed by atoms with Crippen LogP contribution in [0.3, 0.4) is 0 Å². The van der Waals surface area contributed by atoms with Gasteiger partial charge in [-0.25, -0.2) is 0 Å². The van der Waals surface area contributed by atoms with E-state index in [9.17, 15) is 18.0 Å². The molecular weight excluding hydrogens is 312 g/mol. The molecule has 0 saturated carbocycles. The minimum Gasteiger partial charge on any atom is -0.506 e. The van der Waals surface area contributed by atoms with Gasteiger partial charge in [0.25, 0.3) is 0 Å². The molecule has 1 aromatic carbocycles. The van der Waals surface area contributed by atoms with Gasteiger partial charge in [0.2, 0.25) is 0 Å². The molecule has 0 bridgehead atoms. The number of halogens is 4. The summed E-state index contributed by atoms with van der Waals surface area (Å²) in [5, 5.41) is 9.11. The first kappa shape index (κ1) is 11.3. The summed E-state index contributed by atoms with van der Waals surface area (Å²) in [5.41, 5.74) is -1.30. The van der Waals surface area contributed by atoms with Gasteiger partial charge in [0.15, 0.2) is 0 Å². The number of carbonyl (C=O) groups excluding carboxylic acids is 1. The Morgan fingerprint density at radius 3 is 2.36 bits per heavy atom. The molecule has 0 heterocycles. The molecule has 2 nitrogen and oxygen atoms in total. The van der Waals surface area contributed by atoms with E-state index in [1.165, 1.54) is 28.7 Å². The summed E-state index contributed by atoms with van der Waals surface area (Å²) < 4.78 is 36.8. The number of alkyl halides is 3. The van der Waals surface area contributed by atoms with E-state index in [0.29, 0.717) is 12.4 Å². The Labute approximate surface area is 90.9 Å². The predicted octanol–water partition coefficient (Wildman–Crippen LogP) is 2.83. The van der Waals surface area contributed by atoms with Crippen LogP contribution >= 0.6 is 22.6 Å². The van der Waals surface area contributed by atoms with Gasteiger partial charge in [0, 0.05) is 5.56 Å². The highest BCUT2D eigenvalue weighted by molar-refractivity contribution is 14.1. The number of rotatable bonds is 1. The van der Waals surface area contributed by atoms with E-state index in [2.05, 4.69) is 0 Å². The van der Waals surface area contributed by atoms with E-state index in [1.807, 2.05) is 0 Å². The first-order valence-electron chi connectivity index (χ1n) is 3.41. The average molecular weight is 316 g/mol. The lowest BCUT2D eigenvalue weighted by Gasteiger charge is -2.10. The number of hydrogen-bond acceptors (Lipinski definition) is 2. The first-order chi connectivity index (χ1) is 6.36. The lowest BCUT2D eigenvalue weighted by atomic mass is 10.1. The summed E-state index contributed by atoms with van der Waals surface area (Å²) >= 11 is 1.53. The smallest absolute Gasteiger partial charge is 0.420 e. The molecule has 0 aliphatic rings. The Kier molecular flexibility index (Phi) is 3.03. The highest BCUT2D eigenvalue weighted by Crippen LogP contribution is 2.38. The van der Waals surface area contributed by atoms with Crippen molar-refractivity contribution in [3.8, 4) is 5.75 Å². The fraction of sp³-hybridized carbons (Fsp3) is 0.125. The number of phenolic OH excluding ortho intramolecular Hbond substituents is 1. The normalized spacial score (nSPS) is 11.4. The second-order valence-electron chi connectivity index (χ2n) is 2.51. The monoisotopic (exact) mass is 316 g/mol. The number of benzene rings is 1. The second kappa shape index (κ2) is 3.76. The van der Waals surface area contributed by atoms with Gasteiger partial charge in [-0.3, -0.25) is 4.79 Å². The van der Waals surface area contributed by atoms with Gasteiger partial charge in [0.05, 0.1) is 9.13 Å². The van der Waals surface area contributed by atoms with Crippen LogP contribution in [0.25, 0.3) is 0 Å². The summed E-state index contributed by atoms with van der Waals surface area (Å²) in [6.45, 7) is 0. The third-order valence-electron chi connectivity index (χ3n) is 1.53. The molecule has 0 atom stereocenters. The lowest BCUT2D eigenvalue weighted by Crippen LogP contribution is -2.07. The predicted molar refractivity (Wildman–Crippen MR) is 51.2 cm³/mol. The van der Waals surface area contributed by atoms with Crippen LogP contribution in [-0.4, -0.2) is 11.4 Å². The minimum absolute atomic E-state index is 0.000440. The summed E-state index contributed by atoms with van der Waals surface area (Å²) in [6.07, 6.45) is -4.35. The molecule has 0 saturated heterocycles. The molecule has 14 heavy (non-hydrogen) atoms. The van der Waals surface area contributed by atoms with Gasteiger partial charge in [-0.2, -0.15) is 13.2 Å². The minimum atomic E-state index is -4.65. The van der Waals surface area contributed by atoms with E-state index in [0.717, 1.165) is 0 Å². The van der Waals surface area contributed by atoms with Gasteiger partial charge in [-0.05, 0) is 34.7 Å². The summed E-state index contributed by atoms with van der Waals surface area (Å²) in [4.78, 5) is 10.3. The molecule has 1 rings (SSSR count). The van der Waals surface area contributed by atoms with Gasteiger partial charge < -0.3 is 5.11 Å². The van der Waals surface area contributed by atoms with Gasteiger partial charge in [-0.1, -0.05) is 0 Å². The maximum Gasteiger partial charge on any atom is 0.420 e. The van der Waals surface area contributed by atoms with Crippen molar-refractivity contribution in [2.45, 2.75) is 6.18 Å². The van der Waals surface area contributed by atoms with Crippen LogP contribution in [0.4, 0.5) is 13.2 Å². The van der Waals surface area contributed by atoms with Crippen molar-refractivity contribution in [2.24, 2.45) is 0 Å². The largest absolute Gasteiger partial charge is 0.506 e. The zero-order chi connectivity index (χ0) is 10.9. The fourth-order valence-corrected chi connectivity index (χ4v) is 1.55. The van der Waals surface area contributed by atoms with E-state index in [1.54, 1.807) is 0 Å². The number of hydrogen-bond donors (Lipinski definition) is 1. The molecule has 0 aromatic heterocycles. The number of phenols is 1. The summed E-state index contributed by atoms with van der Waals surface area (Å²) in [7, 11) is 0. The third kappa shape index (κ3) is 2.17. The molecule has 0 fully saturated rings. The van der Waals surface area contributed by atoms with Crippen molar-refractivity contribution in [2.75, 3.05) is 0 Å². The Morgan fingerprint density at radius 1 is 1.36 bits per heavy atom. The lowest BCUT2D eigenvalue weighted by molar-refractivity contribution is -0.138. The SMILES string of the molecule is O=Cc1cc(I)c(O)c(C(F)(F)F)c1. The molecule has 76 valence electrons. The highest BCUT2D eigenvalue weighted by Gasteiger charge is 2.35. The van der Waals surface area contributed by atoms with Crippen molar-refractivity contribution >= 4 is 28.9 Å². The Balaban J connectivity index is 3.42. The number of aldehydes is 1. The maximum absolute atomic E-state index is 12.3. The van der Waals surface area contributed by atoms with E-state index in [4.69, 9.17) is 5.11 Å². The molecular formula is C8H4F3IO2. The van der Waals surface area contributed by atoms with Crippen LogP contribution in [0.5, 0.6) is 5.75 Å². The van der Waals surface area contributed by atoms with Crippen molar-refractivity contribution < 1.29 is 23.1 Å². The first-order valence-corrected chi connectivity index (χ1v) is 4.49. The Hall–Kier alpha value is -0.790. The topological polar surface area (TPSA) is 37.3 Å². The van der Waals surface area contributed by atoms with Gasteiger partial charge >= 0.3 is 6.18 Å². The van der Waals surface area contributed by atoms with Crippen LogP contribution in [0.1, 0.15) is 15.9 Å². The van der Waals surface area contributed by atoms with Crippen LogP contribution in [0.15, 0.2) is 12.1 Å². The van der Waals surface area contributed by atoms with Crippen LogP contribution < -0.4 is 0 Å². The highest BCUT2D eigenvalue weighted by atomic mass is 127. The van der Waals surface area contributed by atoms with Gasteiger partial charge in [0.1, 0.15) is 12.0 Å². The molecule has 1 aromatic rings. The van der Waals surface area contributed by atoms with Gasteiger partial charge in [-0.15, -0.1) is 0 Å². The number of aromatic hydroxyl groups is 1. The quantitative estimate of drug-likeness (QED) is 0.639. The van der Waals surface area contributed by atoms with E-state index < -0.39 is 17.5 Å². The van der Waals surface area contributed by atoms with Crippen molar-refractivity contribution in [1.82, 2.24) is 0 Å². The molecule has 0 aliphatic heterocycles. The molecule has 0 radical (unpaired) electrons. The summed E-state index contributed by atoms with van der Waals surface area (Å²) in [6, 6.07) is 1.79. The summed E-state index contributed by atoms with van der Waals surface area (Å²) in [5.74, 6) is -0.844. The van der Waals surface area contributed by atoms with Crippen LogP contribution in [0.2, 0.25) is 0 Å².